The summed E-state index contributed by atoms with van der Waals surface area (Å²) >= 11 is 0. The monoisotopic (exact) mass is 212 g/mol. The molecule has 0 aromatic rings. The fraction of sp³-hybridized carbons (Fsp3) is 0.818. The Hall–Kier alpha value is -1.08. The fourth-order valence-electron chi connectivity index (χ4n) is 1.32. The van der Waals surface area contributed by atoms with Crippen LogP contribution >= 0.6 is 0 Å². The van der Waals surface area contributed by atoms with Crippen molar-refractivity contribution >= 4 is 5.97 Å². The highest BCUT2D eigenvalue weighted by Gasteiger charge is 2.07. The zero-order valence-corrected chi connectivity index (χ0v) is 9.57. The fourth-order valence-corrected chi connectivity index (χ4v) is 1.32. The van der Waals surface area contributed by atoms with Gasteiger partial charge in [0.05, 0.1) is 12.5 Å². The summed E-state index contributed by atoms with van der Waals surface area (Å²) in [5.74, 6) is -0.721. The van der Waals surface area contributed by atoms with Gasteiger partial charge in [-0.3, -0.25) is 4.79 Å². The largest absolute Gasteiger partial charge is 0.481 e. The molecule has 0 heterocycles. The van der Waals surface area contributed by atoms with Crippen molar-refractivity contribution in [1.82, 2.24) is 4.90 Å². The first kappa shape index (κ1) is 13.9. The molecule has 15 heavy (non-hydrogen) atoms. The van der Waals surface area contributed by atoms with Crippen LogP contribution in [0.5, 0.6) is 0 Å². The van der Waals surface area contributed by atoms with Gasteiger partial charge in [0, 0.05) is 12.5 Å². The van der Waals surface area contributed by atoms with Crippen LogP contribution in [0.2, 0.25) is 0 Å². The lowest BCUT2D eigenvalue weighted by Crippen LogP contribution is -2.29. The topological polar surface area (TPSA) is 64.3 Å². The SMILES string of the molecule is CC(CC#N)N(C)CCCCCC(=O)O. The number of nitriles is 1. The summed E-state index contributed by atoms with van der Waals surface area (Å²) in [6, 6.07) is 2.43. The first-order chi connectivity index (χ1) is 7.07. The Bertz CT molecular complexity index is 223. The lowest BCUT2D eigenvalue weighted by molar-refractivity contribution is -0.137. The molecule has 0 saturated heterocycles. The standard InChI is InChI=1S/C11H20N2O2/c1-10(7-8-12)13(2)9-5-3-4-6-11(14)15/h10H,3-7,9H2,1-2H3,(H,14,15). The lowest BCUT2D eigenvalue weighted by Gasteiger charge is -2.22. The number of nitrogens with zero attached hydrogens (tertiary/aromatic N) is 2. The number of aliphatic carboxylic acids is 1. The van der Waals surface area contributed by atoms with Gasteiger partial charge in [0.1, 0.15) is 0 Å². The number of hydrogen-bond donors (Lipinski definition) is 1. The number of carboxylic acids is 1. The minimum atomic E-state index is -0.721. The van der Waals surface area contributed by atoms with Crippen LogP contribution in [-0.4, -0.2) is 35.6 Å². The Balaban J connectivity index is 3.43. The zero-order valence-electron chi connectivity index (χ0n) is 9.57. The third kappa shape index (κ3) is 7.95. The highest BCUT2D eigenvalue weighted by Crippen LogP contribution is 2.05. The number of carboxylic acid groups (broad SMARTS) is 1. The maximum Gasteiger partial charge on any atom is 0.303 e. The van der Waals surface area contributed by atoms with E-state index in [1.165, 1.54) is 0 Å². The van der Waals surface area contributed by atoms with Crippen molar-refractivity contribution in [2.75, 3.05) is 13.6 Å². The van der Waals surface area contributed by atoms with E-state index in [1.54, 1.807) is 0 Å². The van der Waals surface area contributed by atoms with Gasteiger partial charge in [-0.2, -0.15) is 5.26 Å². The predicted molar refractivity (Wildman–Crippen MR) is 58.4 cm³/mol. The number of unbranched alkanes of at least 4 members (excludes halogenated alkanes) is 2. The molecule has 0 radical (unpaired) electrons. The van der Waals surface area contributed by atoms with Gasteiger partial charge < -0.3 is 10.0 Å². The highest BCUT2D eigenvalue weighted by molar-refractivity contribution is 5.66. The third-order valence-electron chi connectivity index (χ3n) is 2.54. The molecular formula is C11H20N2O2. The second-order valence-electron chi connectivity index (χ2n) is 3.90. The van der Waals surface area contributed by atoms with Crippen molar-refractivity contribution in [2.24, 2.45) is 0 Å². The predicted octanol–water partition coefficient (Wildman–Crippen LogP) is 1.87. The molecule has 0 spiro atoms. The van der Waals surface area contributed by atoms with Gasteiger partial charge in [0.15, 0.2) is 0 Å². The van der Waals surface area contributed by atoms with Crippen molar-refractivity contribution < 1.29 is 9.90 Å². The van der Waals surface area contributed by atoms with Crippen molar-refractivity contribution in [3.63, 3.8) is 0 Å². The van der Waals surface area contributed by atoms with Crippen molar-refractivity contribution in [3.8, 4) is 6.07 Å². The van der Waals surface area contributed by atoms with Crippen LogP contribution in [0.4, 0.5) is 0 Å². The average Bonchev–Trinajstić information content (AvgIpc) is 2.16. The molecule has 1 unspecified atom stereocenters. The van der Waals surface area contributed by atoms with Gasteiger partial charge in [-0.05, 0) is 33.4 Å². The van der Waals surface area contributed by atoms with Crippen LogP contribution < -0.4 is 0 Å². The zero-order chi connectivity index (χ0) is 11.7. The van der Waals surface area contributed by atoms with Crippen LogP contribution in [0.25, 0.3) is 0 Å². The number of carbonyl (C=O) groups is 1. The van der Waals surface area contributed by atoms with E-state index in [1.807, 2.05) is 14.0 Å². The summed E-state index contributed by atoms with van der Waals surface area (Å²) in [4.78, 5) is 12.4. The van der Waals surface area contributed by atoms with E-state index >= 15 is 0 Å². The molecule has 4 nitrogen and oxygen atoms in total. The summed E-state index contributed by atoms with van der Waals surface area (Å²) in [5, 5.41) is 16.9. The Kier molecular flexibility index (Phi) is 7.65. The van der Waals surface area contributed by atoms with Crippen LogP contribution in [0.3, 0.4) is 0 Å². The molecule has 0 bridgehead atoms. The van der Waals surface area contributed by atoms with Crippen LogP contribution in [0.15, 0.2) is 0 Å². The Morgan fingerprint density at radius 2 is 2.13 bits per heavy atom. The average molecular weight is 212 g/mol. The first-order valence-electron chi connectivity index (χ1n) is 5.37. The molecular weight excluding hydrogens is 192 g/mol. The van der Waals surface area contributed by atoms with E-state index in [-0.39, 0.29) is 12.5 Å². The van der Waals surface area contributed by atoms with Gasteiger partial charge in [-0.1, -0.05) is 6.42 Å². The van der Waals surface area contributed by atoms with Crippen LogP contribution in [0, 0.1) is 11.3 Å². The summed E-state index contributed by atoms with van der Waals surface area (Å²) in [5.41, 5.74) is 0. The molecule has 0 aliphatic carbocycles. The van der Waals surface area contributed by atoms with Crippen molar-refractivity contribution in [3.05, 3.63) is 0 Å². The Morgan fingerprint density at radius 3 is 2.67 bits per heavy atom. The number of rotatable bonds is 8. The minimum absolute atomic E-state index is 0.261. The van der Waals surface area contributed by atoms with Gasteiger partial charge in [-0.15, -0.1) is 0 Å². The highest BCUT2D eigenvalue weighted by atomic mass is 16.4. The molecule has 0 aromatic heterocycles. The molecule has 86 valence electrons. The van der Waals surface area contributed by atoms with E-state index in [4.69, 9.17) is 10.4 Å². The summed E-state index contributed by atoms with van der Waals surface area (Å²) < 4.78 is 0. The molecule has 0 saturated carbocycles. The molecule has 0 aromatic carbocycles. The maximum atomic E-state index is 10.2. The second-order valence-corrected chi connectivity index (χ2v) is 3.90. The van der Waals surface area contributed by atoms with Crippen molar-refractivity contribution in [2.45, 2.75) is 45.1 Å². The van der Waals surface area contributed by atoms with E-state index in [0.29, 0.717) is 6.42 Å². The summed E-state index contributed by atoms with van der Waals surface area (Å²) in [7, 11) is 2.00. The van der Waals surface area contributed by atoms with Gasteiger partial charge in [0.2, 0.25) is 0 Å². The summed E-state index contributed by atoms with van der Waals surface area (Å²) in [6.07, 6.45) is 3.49. The third-order valence-corrected chi connectivity index (χ3v) is 2.54. The van der Waals surface area contributed by atoms with E-state index in [9.17, 15) is 4.79 Å². The van der Waals surface area contributed by atoms with Crippen LogP contribution in [0.1, 0.15) is 39.0 Å². The maximum absolute atomic E-state index is 10.2. The second kappa shape index (κ2) is 8.25. The van der Waals surface area contributed by atoms with E-state index in [0.717, 1.165) is 25.8 Å². The summed E-state index contributed by atoms with van der Waals surface area (Å²) in [6.45, 7) is 2.96. The molecule has 0 fully saturated rings. The Morgan fingerprint density at radius 1 is 1.47 bits per heavy atom. The molecule has 0 amide bonds. The van der Waals surface area contributed by atoms with Crippen LogP contribution in [-0.2, 0) is 4.79 Å². The van der Waals surface area contributed by atoms with E-state index in [2.05, 4.69) is 11.0 Å². The molecule has 1 atom stereocenters. The molecule has 0 aliphatic rings. The first-order valence-corrected chi connectivity index (χ1v) is 5.37. The van der Waals surface area contributed by atoms with Gasteiger partial charge in [-0.25, -0.2) is 0 Å². The number of hydrogen-bond acceptors (Lipinski definition) is 3. The molecule has 1 N–H and O–H groups in total. The quantitative estimate of drug-likeness (QED) is 0.624. The van der Waals surface area contributed by atoms with Gasteiger partial charge >= 0.3 is 5.97 Å². The Labute approximate surface area is 91.5 Å². The van der Waals surface area contributed by atoms with E-state index < -0.39 is 5.97 Å². The molecule has 0 aliphatic heterocycles. The smallest absolute Gasteiger partial charge is 0.303 e. The lowest BCUT2D eigenvalue weighted by atomic mass is 10.1. The van der Waals surface area contributed by atoms with Gasteiger partial charge in [0.25, 0.3) is 0 Å². The molecule has 0 rings (SSSR count). The minimum Gasteiger partial charge on any atom is -0.481 e. The normalized spacial score (nSPS) is 12.4. The van der Waals surface area contributed by atoms with Crippen molar-refractivity contribution in [1.29, 1.82) is 5.26 Å². The molecule has 4 heteroatoms.